The lowest BCUT2D eigenvalue weighted by Gasteiger charge is -2.14. The van der Waals surface area contributed by atoms with E-state index in [1.165, 1.54) is 23.9 Å². The van der Waals surface area contributed by atoms with E-state index in [9.17, 15) is 4.39 Å². The molecule has 0 radical (unpaired) electrons. The molecule has 3 heterocycles. The zero-order valence-corrected chi connectivity index (χ0v) is 18.7. The molecular weight excluding hydrogens is 451 g/mol. The Hall–Kier alpha value is -2.68. The lowest BCUT2D eigenvalue weighted by atomic mass is 10.2. The zero-order chi connectivity index (χ0) is 21.9. The number of halogens is 2. The Morgan fingerprint density at radius 3 is 2.78 bits per heavy atom. The minimum absolute atomic E-state index is 0.117. The lowest BCUT2D eigenvalue weighted by Crippen LogP contribution is -2.16. The second-order valence-corrected chi connectivity index (χ2v) is 8.88. The highest BCUT2D eigenvalue weighted by Gasteiger charge is 2.22. The Kier molecular flexibility index (Phi) is 6.25. The molecule has 2 aromatic carbocycles. The van der Waals surface area contributed by atoms with Crippen LogP contribution < -0.4 is 0 Å². The van der Waals surface area contributed by atoms with Crippen LogP contribution in [0.3, 0.4) is 0 Å². The van der Waals surface area contributed by atoms with Crippen molar-refractivity contribution in [1.82, 2.24) is 19.7 Å². The van der Waals surface area contributed by atoms with Crippen molar-refractivity contribution in [3.05, 3.63) is 71.3 Å². The van der Waals surface area contributed by atoms with Crippen molar-refractivity contribution in [3.8, 4) is 22.8 Å². The van der Waals surface area contributed by atoms with E-state index in [1.54, 1.807) is 18.4 Å². The van der Waals surface area contributed by atoms with Gasteiger partial charge in [0.1, 0.15) is 12.1 Å². The topological polar surface area (TPSA) is 66.0 Å². The van der Waals surface area contributed by atoms with Gasteiger partial charge in [-0.05, 0) is 55.3 Å². The van der Waals surface area contributed by atoms with Gasteiger partial charge in [-0.2, -0.15) is 0 Å². The van der Waals surface area contributed by atoms with Gasteiger partial charge < -0.3 is 9.15 Å². The molecule has 5 rings (SSSR count). The predicted molar refractivity (Wildman–Crippen MR) is 121 cm³/mol. The molecule has 6 nitrogen and oxygen atoms in total. The first-order valence-electron chi connectivity index (χ1n) is 10.3. The van der Waals surface area contributed by atoms with Gasteiger partial charge in [0, 0.05) is 28.5 Å². The SMILES string of the molecule is Fc1ccc(-c2nnc(SCc3coc(-c4cccc(Cl)c4)n3)n2CC2CCCO2)cc1. The van der Waals surface area contributed by atoms with Crippen LogP contribution in [0.2, 0.25) is 5.02 Å². The Morgan fingerprint density at radius 1 is 1.12 bits per heavy atom. The van der Waals surface area contributed by atoms with Crippen LogP contribution in [0.15, 0.2) is 64.4 Å². The van der Waals surface area contributed by atoms with E-state index in [0.717, 1.165) is 41.4 Å². The molecule has 9 heteroatoms. The van der Waals surface area contributed by atoms with Crippen LogP contribution in [0, 0.1) is 5.82 Å². The molecule has 0 amide bonds. The molecule has 1 atom stereocenters. The second kappa shape index (κ2) is 9.44. The van der Waals surface area contributed by atoms with E-state index >= 15 is 0 Å². The normalized spacial score (nSPS) is 16.0. The van der Waals surface area contributed by atoms with Crippen LogP contribution in [0.4, 0.5) is 4.39 Å². The van der Waals surface area contributed by atoms with E-state index in [1.807, 2.05) is 28.8 Å². The van der Waals surface area contributed by atoms with Gasteiger partial charge in [-0.25, -0.2) is 9.37 Å². The van der Waals surface area contributed by atoms with Crippen molar-refractivity contribution < 1.29 is 13.5 Å². The predicted octanol–water partition coefficient (Wildman–Crippen LogP) is 5.86. The Balaban J connectivity index is 1.36. The molecule has 164 valence electrons. The number of aromatic nitrogens is 4. The third kappa shape index (κ3) is 4.72. The third-order valence-corrected chi connectivity index (χ3v) is 6.44. The van der Waals surface area contributed by atoms with E-state index in [4.69, 9.17) is 20.8 Å². The van der Waals surface area contributed by atoms with Gasteiger partial charge in [-0.15, -0.1) is 10.2 Å². The summed E-state index contributed by atoms with van der Waals surface area (Å²) in [7, 11) is 0. The second-order valence-electron chi connectivity index (χ2n) is 7.50. The average Bonchev–Trinajstić information content (AvgIpc) is 3.55. The van der Waals surface area contributed by atoms with Crippen molar-refractivity contribution >= 4 is 23.4 Å². The number of nitrogens with zero attached hydrogens (tertiary/aromatic N) is 4. The van der Waals surface area contributed by atoms with Crippen molar-refractivity contribution in [3.63, 3.8) is 0 Å². The summed E-state index contributed by atoms with van der Waals surface area (Å²) in [5, 5.41) is 10.2. The van der Waals surface area contributed by atoms with E-state index in [-0.39, 0.29) is 11.9 Å². The quantitative estimate of drug-likeness (QED) is 0.315. The number of hydrogen-bond acceptors (Lipinski definition) is 6. The first kappa shape index (κ1) is 21.2. The van der Waals surface area contributed by atoms with Crippen molar-refractivity contribution in [2.24, 2.45) is 0 Å². The number of rotatable bonds is 7. The molecule has 1 aliphatic heterocycles. The molecule has 1 aliphatic rings. The largest absolute Gasteiger partial charge is 0.444 e. The molecule has 0 spiro atoms. The molecule has 1 fully saturated rings. The maximum absolute atomic E-state index is 13.4. The minimum Gasteiger partial charge on any atom is -0.444 e. The lowest BCUT2D eigenvalue weighted by molar-refractivity contribution is 0.0953. The van der Waals surface area contributed by atoms with Crippen LogP contribution >= 0.6 is 23.4 Å². The monoisotopic (exact) mass is 470 g/mol. The fourth-order valence-corrected chi connectivity index (χ4v) is 4.65. The molecule has 0 saturated carbocycles. The number of thioether (sulfide) groups is 1. The number of ether oxygens (including phenoxy) is 1. The van der Waals surface area contributed by atoms with Crippen LogP contribution in [0.1, 0.15) is 18.5 Å². The van der Waals surface area contributed by atoms with Crippen LogP contribution in [0.5, 0.6) is 0 Å². The summed E-state index contributed by atoms with van der Waals surface area (Å²) in [6.45, 7) is 1.42. The summed E-state index contributed by atoms with van der Waals surface area (Å²) < 4.78 is 26.9. The summed E-state index contributed by atoms with van der Waals surface area (Å²) in [5.74, 6) is 1.51. The van der Waals surface area contributed by atoms with Gasteiger partial charge in [0.15, 0.2) is 11.0 Å². The van der Waals surface area contributed by atoms with Crippen LogP contribution in [-0.2, 0) is 17.0 Å². The van der Waals surface area contributed by atoms with Gasteiger partial charge >= 0.3 is 0 Å². The molecule has 0 bridgehead atoms. The fraction of sp³-hybridized carbons (Fsp3) is 0.261. The third-order valence-electron chi connectivity index (χ3n) is 5.20. The maximum Gasteiger partial charge on any atom is 0.226 e. The smallest absolute Gasteiger partial charge is 0.226 e. The number of oxazole rings is 1. The Labute approximate surface area is 193 Å². The van der Waals surface area contributed by atoms with Gasteiger partial charge in [-0.3, -0.25) is 4.57 Å². The van der Waals surface area contributed by atoms with Crippen molar-refractivity contribution in [2.45, 2.75) is 36.4 Å². The molecular formula is C23H20ClFN4O2S. The summed E-state index contributed by atoms with van der Waals surface area (Å²) in [5.41, 5.74) is 2.43. The summed E-state index contributed by atoms with van der Waals surface area (Å²) >= 11 is 7.59. The molecule has 1 unspecified atom stereocenters. The highest BCUT2D eigenvalue weighted by atomic mass is 35.5. The van der Waals surface area contributed by atoms with Crippen LogP contribution in [-0.4, -0.2) is 32.5 Å². The van der Waals surface area contributed by atoms with E-state index in [0.29, 0.717) is 29.0 Å². The van der Waals surface area contributed by atoms with Gasteiger partial charge in [0.05, 0.1) is 18.3 Å². The fourth-order valence-electron chi connectivity index (χ4n) is 3.63. The summed E-state index contributed by atoms with van der Waals surface area (Å²) in [6, 6.07) is 13.7. The average molecular weight is 471 g/mol. The highest BCUT2D eigenvalue weighted by Crippen LogP contribution is 2.29. The first-order valence-corrected chi connectivity index (χ1v) is 11.7. The van der Waals surface area contributed by atoms with Gasteiger partial charge in [-0.1, -0.05) is 29.4 Å². The van der Waals surface area contributed by atoms with E-state index in [2.05, 4.69) is 15.2 Å². The minimum atomic E-state index is -0.282. The Bertz CT molecular complexity index is 1200. The molecule has 1 saturated heterocycles. The maximum atomic E-state index is 13.4. The number of hydrogen-bond donors (Lipinski definition) is 0. The molecule has 4 aromatic rings. The molecule has 2 aromatic heterocycles. The standard InChI is InChI=1S/C23H20ClFN4O2S/c24-17-4-1-3-16(11-17)22-26-19(13-31-22)14-32-23-28-27-21(15-6-8-18(25)9-7-15)29(23)12-20-5-2-10-30-20/h1,3-4,6-9,11,13,20H,2,5,10,12,14H2. The zero-order valence-electron chi connectivity index (χ0n) is 17.1. The highest BCUT2D eigenvalue weighted by molar-refractivity contribution is 7.98. The van der Waals surface area contributed by atoms with Gasteiger partial charge in [0.2, 0.25) is 5.89 Å². The molecule has 0 N–H and O–H groups in total. The first-order chi connectivity index (χ1) is 15.7. The van der Waals surface area contributed by atoms with E-state index < -0.39 is 0 Å². The molecule has 32 heavy (non-hydrogen) atoms. The summed E-state index contributed by atoms with van der Waals surface area (Å²) in [4.78, 5) is 4.57. The number of benzene rings is 2. The molecule has 0 aliphatic carbocycles. The van der Waals surface area contributed by atoms with Crippen molar-refractivity contribution in [2.75, 3.05) is 6.61 Å². The van der Waals surface area contributed by atoms with Gasteiger partial charge in [0.25, 0.3) is 0 Å². The Morgan fingerprint density at radius 2 is 2.00 bits per heavy atom. The van der Waals surface area contributed by atoms with Crippen LogP contribution in [0.25, 0.3) is 22.8 Å². The van der Waals surface area contributed by atoms with Crippen molar-refractivity contribution in [1.29, 1.82) is 0 Å². The summed E-state index contributed by atoms with van der Waals surface area (Å²) in [6.07, 6.45) is 3.81.